The molecule has 18 heteroatoms. The molecule has 4 heterocycles. The third-order valence-corrected chi connectivity index (χ3v) is 5.72. The second-order valence-corrected chi connectivity index (χ2v) is 8.43. The minimum atomic E-state index is -0.436. The van der Waals surface area contributed by atoms with Gasteiger partial charge in [0.05, 0.1) is 26.4 Å². The summed E-state index contributed by atoms with van der Waals surface area (Å²) in [5, 5.41) is 35.5. The van der Waals surface area contributed by atoms with Gasteiger partial charge in [-0.25, -0.2) is 9.97 Å². The molecule has 4 N–H and O–H groups in total. The molecule has 0 radical (unpaired) electrons. The van der Waals surface area contributed by atoms with E-state index in [2.05, 4.69) is 61.4 Å². The summed E-state index contributed by atoms with van der Waals surface area (Å²) in [6, 6.07) is 0. The summed E-state index contributed by atoms with van der Waals surface area (Å²) in [5.41, 5.74) is 0. The van der Waals surface area contributed by atoms with Crippen molar-refractivity contribution in [1.82, 2.24) is 50.8 Å². The van der Waals surface area contributed by atoms with Gasteiger partial charge in [-0.3, -0.25) is 30.4 Å². The summed E-state index contributed by atoms with van der Waals surface area (Å²) in [6.45, 7) is 1.72. The van der Waals surface area contributed by atoms with E-state index in [-0.39, 0.29) is 11.6 Å². The Morgan fingerprint density at radius 1 is 0.735 bits per heavy atom. The minimum absolute atomic E-state index is 0.0984. The topological polar surface area (TPSA) is 211 Å². The van der Waals surface area contributed by atoms with Crippen LogP contribution in [0.15, 0.2) is 12.7 Å². The molecule has 16 nitrogen and oxygen atoms in total. The average molecular weight is 507 g/mol. The number of anilines is 2. The third-order valence-electron chi connectivity index (χ3n) is 3.93. The van der Waals surface area contributed by atoms with Gasteiger partial charge in [-0.15, -0.1) is 20.4 Å². The molecular formula is C16H18N12O4S2. The highest BCUT2D eigenvalue weighted by Crippen LogP contribution is 2.17. The predicted molar refractivity (Wildman–Crippen MR) is 118 cm³/mol. The fourth-order valence-corrected chi connectivity index (χ4v) is 3.82. The van der Waals surface area contributed by atoms with Crippen LogP contribution in [-0.4, -0.2) is 89.0 Å². The minimum Gasteiger partial charge on any atom is -0.379 e. The van der Waals surface area contributed by atoms with E-state index in [1.165, 1.54) is 35.3 Å². The summed E-state index contributed by atoms with van der Waals surface area (Å²) in [5.74, 6) is -0.674. The molecule has 4 aromatic heterocycles. The zero-order valence-electron chi connectivity index (χ0n) is 17.4. The van der Waals surface area contributed by atoms with Crippen LogP contribution in [0, 0.1) is 0 Å². The van der Waals surface area contributed by atoms with E-state index in [9.17, 15) is 9.59 Å². The highest BCUT2D eigenvalue weighted by Gasteiger charge is 2.13. The van der Waals surface area contributed by atoms with Crippen molar-refractivity contribution < 1.29 is 19.1 Å². The van der Waals surface area contributed by atoms with Crippen LogP contribution in [0.25, 0.3) is 0 Å². The van der Waals surface area contributed by atoms with Crippen LogP contribution < -0.4 is 10.6 Å². The Labute approximate surface area is 199 Å². The van der Waals surface area contributed by atoms with Crippen LogP contribution in [0.1, 0.15) is 31.3 Å². The molecule has 0 spiro atoms. The molecule has 0 saturated carbocycles. The van der Waals surface area contributed by atoms with E-state index in [4.69, 9.17) is 9.47 Å². The SMILES string of the molecule is O=C(Nc1nnc(CCOCCOCCc2nnc(NC(=O)c3ncn[nH]3)s2)s1)c1ncn[nH]1. The number of carbonyl (C=O) groups is 2. The van der Waals surface area contributed by atoms with Gasteiger partial charge >= 0.3 is 0 Å². The molecule has 0 saturated heterocycles. The molecule has 2 amide bonds. The van der Waals surface area contributed by atoms with Gasteiger partial charge in [0.15, 0.2) is 0 Å². The Morgan fingerprint density at radius 3 is 1.62 bits per heavy atom. The largest absolute Gasteiger partial charge is 0.379 e. The summed E-state index contributed by atoms with van der Waals surface area (Å²) in [4.78, 5) is 31.3. The normalized spacial score (nSPS) is 10.9. The van der Waals surface area contributed by atoms with Gasteiger partial charge in [-0.2, -0.15) is 10.2 Å². The molecule has 4 rings (SSSR count). The number of H-pyrrole nitrogens is 2. The molecule has 4 aromatic rings. The molecule has 34 heavy (non-hydrogen) atoms. The number of rotatable bonds is 13. The number of hydrogen-bond donors (Lipinski definition) is 4. The van der Waals surface area contributed by atoms with Gasteiger partial charge < -0.3 is 9.47 Å². The van der Waals surface area contributed by atoms with E-state index in [0.717, 1.165) is 10.0 Å². The molecule has 0 atom stereocenters. The van der Waals surface area contributed by atoms with Crippen molar-refractivity contribution in [3.05, 3.63) is 34.3 Å². The van der Waals surface area contributed by atoms with Gasteiger partial charge in [0, 0.05) is 12.8 Å². The van der Waals surface area contributed by atoms with Crippen LogP contribution in [0.2, 0.25) is 0 Å². The highest BCUT2D eigenvalue weighted by atomic mass is 32.1. The number of aromatic nitrogens is 10. The van der Waals surface area contributed by atoms with Crippen molar-refractivity contribution in [3.8, 4) is 0 Å². The maximum atomic E-state index is 11.9. The number of hydrogen-bond acceptors (Lipinski definition) is 14. The summed E-state index contributed by atoms with van der Waals surface area (Å²) in [7, 11) is 0. The molecule has 0 unspecified atom stereocenters. The van der Waals surface area contributed by atoms with Crippen molar-refractivity contribution in [1.29, 1.82) is 0 Å². The first-order valence-corrected chi connectivity index (χ1v) is 11.4. The quantitative estimate of drug-likeness (QED) is 0.176. The number of ether oxygens (including phenoxy) is 2. The standard InChI is InChI=1S/C16H18N12O4S2/c29-13(11-17-7-19-25-11)21-15-27-23-9(33-15)1-3-31-5-6-32-4-2-10-24-28-16(34-10)22-14(30)12-18-8-20-26-12/h7-8H,1-6H2,(H,17,19,25)(H,18,20,26)(H,21,27,29)(H,22,28,30). The lowest BCUT2D eigenvalue weighted by molar-refractivity contribution is 0.0500. The Balaban J connectivity index is 1.04. The van der Waals surface area contributed by atoms with E-state index in [1.807, 2.05) is 0 Å². The number of nitrogens with one attached hydrogen (secondary N) is 4. The van der Waals surface area contributed by atoms with E-state index < -0.39 is 11.8 Å². The number of carbonyl (C=O) groups excluding carboxylic acids is 2. The molecule has 0 fully saturated rings. The lowest BCUT2D eigenvalue weighted by Gasteiger charge is -2.04. The molecule has 0 aliphatic heterocycles. The predicted octanol–water partition coefficient (Wildman–Crippen LogP) is -0.0512. The van der Waals surface area contributed by atoms with Crippen molar-refractivity contribution in [2.24, 2.45) is 0 Å². The molecule has 0 aliphatic rings. The lowest BCUT2D eigenvalue weighted by atomic mass is 10.5. The van der Waals surface area contributed by atoms with Crippen LogP contribution in [0.4, 0.5) is 10.3 Å². The van der Waals surface area contributed by atoms with Gasteiger partial charge in [0.2, 0.25) is 21.9 Å². The Morgan fingerprint density at radius 2 is 1.21 bits per heavy atom. The number of aromatic amines is 2. The third kappa shape index (κ3) is 6.88. The molecule has 0 bridgehead atoms. The highest BCUT2D eigenvalue weighted by molar-refractivity contribution is 7.15. The number of nitrogens with zero attached hydrogens (tertiary/aromatic N) is 8. The summed E-state index contributed by atoms with van der Waals surface area (Å²) in [6.07, 6.45) is 3.61. The van der Waals surface area contributed by atoms with Crippen LogP contribution in [0.3, 0.4) is 0 Å². The van der Waals surface area contributed by atoms with Crippen LogP contribution in [-0.2, 0) is 22.3 Å². The van der Waals surface area contributed by atoms with Crippen molar-refractivity contribution in [2.75, 3.05) is 37.1 Å². The summed E-state index contributed by atoms with van der Waals surface area (Å²) >= 11 is 2.52. The van der Waals surface area contributed by atoms with Crippen LogP contribution >= 0.6 is 22.7 Å². The lowest BCUT2D eigenvalue weighted by Crippen LogP contribution is -2.13. The second kappa shape index (κ2) is 11.9. The van der Waals surface area contributed by atoms with E-state index in [1.54, 1.807) is 0 Å². The Kier molecular flexibility index (Phi) is 8.22. The molecular weight excluding hydrogens is 488 g/mol. The van der Waals surface area contributed by atoms with Gasteiger partial charge in [0.1, 0.15) is 22.7 Å². The first-order valence-electron chi connectivity index (χ1n) is 9.81. The van der Waals surface area contributed by atoms with Gasteiger partial charge in [0.25, 0.3) is 11.8 Å². The summed E-state index contributed by atoms with van der Waals surface area (Å²) < 4.78 is 11.1. The number of amides is 2. The molecule has 178 valence electrons. The van der Waals surface area contributed by atoms with Gasteiger partial charge in [-0.05, 0) is 0 Å². The maximum Gasteiger partial charge on any atom is 0.294 e. The fourth-order valence-electron chi connectivity index (χ4n) is 2.39. The van der Waals surface area contributed by atoms with Crippen molar-refractivity contribution >= 4 is 44.8 Å². The first-order chi connectivity index (χ1) is 16.7. The Hall–Kier alpha value is -3.74. The average Bonchev–Trinajstić information content (AvgIpc) is 3.63. The first kappa shape index (κ1) is 23.4. The maximum absolute atomic E-state index is 11.9. The zero-order chi connectivity index (χ0) is 23.6. The van der Waals surface area contributed by atoms with E-state index in [0.29, 0.717) is 49.5 Å². The fraction of sp³-hybridized carbons (Fsp3) is 0.375. The van der Waals surface area contributed by atoms with E-state index >= 15 is 0 Å². The van der Waals surface area contributed by atoms with Crippen molar-refractivity contribution in [2.45, 2.75) is 12.8 Å². The van der Waals surface area contributed by atoms with Crippen molar-refractivity contribution in [3.63, 3.8) is 0 Å². The molecule has 0 aromatic carbocycles. The van der Waals surface area contributed by atoms with Gasteiger partial charge in [-0.1, -0.05) is 22.7 Å². The monoisotopic (exact) mass is 506 g/mol. The zero-order valence-corrected chi connectivity index (χ0v) is 19.1. The Bertz CT molecular complexity index is 1080. The second-order valence-electron chi connectivity index (χ2n) is 6.30. The molecule has 0 aliphatic carbocycles. The van der Waals surface area contributed by atoms with Crippen LogP contribution in [0.5, 0.6) is 0 Å². The smallest absolute Gasteiger partial charge is 0.294 e.